The number of anilines is 1. The molecule has 0 amide bonds. The fraction of sp³-hybridized carbons (Fsp3) is 0.667. The van der Waals surface area contributed by atoms with Gasteiger partial charge in [-0.1, -0.05) is 25.1 Å². The van der Waals surface area contributed by atoms with Crippen LogP contribution in [0.5, 0.6) is 0 Å². The third-order valence-corrected chi connectivity index (χ3v) is 4.63. The molecule has 2 nitrogen and oxygen atoms in total. The van der Waals surface area contributed by atoms with Crippen molar-refractivity contribution in [1.82, 2.24) is 5.32 Å². The second-order valence-electron chi connectivity index (χ2n) is 7.33. The molecule has 2 N–H and O–H groups in total. The Morgan fingerprint density at radius 2 is 1.60 bits per heavy atom. The lowest BCUT2D eigenvalue weighted by atomic mass is 9.90. The molecule has 3 atom stereocenters. The number of nitrogens with one attached hydrogen (secondary N) is 2. The lowest BCUT2D eigenvalue weighted by Crippen LogP contribution is -2.40. The van der Waals surface area contributed by atoms with Crippen molar-refractivity contribution in [3.8, 4) is 0 Å². The van der Waals surface area contributed by atoms with Gasteiger partial charge in [0, 0.05) is 17.8 Å². The second kappa shape index (κ2) is 6.62. The monoisotopic (exact) mass is 274 g/mol. The number of para-hydroxylation sites is 1. The standard InChI is InChI=1S/C18H30N2/c1-14-15(12-19-17-8-6-5-7-9-17)10-11-16(14)13-20-18(2,3)4/h5-9,14-16,19-20H,10-13H2,1-4H3. The molecule has 20 heavy (non-hydrogen) atoms. The number of hydrogen-bond donors (Lipinski definition) is 2. The Labute approximate surface area is 124 Å². The van der Waals surface area contributed by atoms with Crippen LogP contribution in [0.3, 0.4) is 0 Å². The minimum Gasteiger partial charge on any atom is -0.385 e. The van der Waals surface area contributed by atoms with E-state index in [1.807, 2.05) is 0 Å². The Bertz CT molecular complexity index is 394. The molecule has 1 aliphatic rings. The summed E-state index contributed by atoms with van der Waals surface area (Å²) in [6, 6.07) is 10.6. The second-order valence-corrected chi connectivity index (χ2v) is 7.33. The highest BCUT2D eigenvalue weighted by Gasteiger charge is 2.32. The molecule has 0 aromatic heterocycles. The summed E-state index contributed by atoms with van der Waals surface area (Å²) in [5, 5.41) is 7.26. The molecule has 0 spiro atoms. The van der Waals surface area contributed by atoms with Gasteiger partial charge in [0.25, 0.3) is 0 Å². The van der Waals surface area contributed by atoms with Crippen molar-refractivity contribution in [3.05, 3.63) is 30.3 Å². The SMILES string of the molecule is CC1C(CNc2ccccc2)CCC1CNC(C)(C)C. The summed E-state index contributed by atoms with van der Waals surface area (Å²) in [5.74, 6) is 2.44. The van der Waals surface area contributed by atoms with Gasteiger partial charge >= 0.3 is 0 Å². The molecule has 0 radical (unpaired) electrons. The van der Waals surface area contributed by atoms with Crippen LogP contribution in [0.4, 0.5) is 5.69 Å². The Balaban J connectivity index is 1.77. The third-order valence-electron chi connectivity index (χ3n) is 4.63. The maximum absolute atomic E-state index is 3.67. The average molecular weight is 274 g/mol. The van der Waals surface area contributed by atoms with Crippen LogP contribution in [0.25, 0.3) is 0 Å². The summed E-state index contributed by atoms with van der Waals surface area (Å²) in [7, 11) is 0. The minimum absolute atomic E-state index is 0.236. The molecule has 1 saturated carbocycles. The van der Waals surface area contributed by atoms with E-state index in [0.29, 0.717) is 0 Å². The molecule has 3 unspecified atom stereocenters. The highest BCUT2D eigenvalue weighted by molar-refractivity contribution is 5.42. The van der Waals surface area contributed by atoms with E-state index in [2.05, 4.69) is 68.7 Å². The molecule has 0 heterocycles. The summed E-state index contributed by atoms with van der Waals surface area (Å²) < 4.78 is 0. The van der Waals surface area contributed by atoms with Gasteiger partial charge in [0.1, 0.15) is 0 Å². The first-order valence-corrected chi connectivity index (χ1v) is 7.99. The van der Waals surface area contributed by atoms with Crippen LogP contribution in [0.2, 0.25) is 0 Å². The van der Waals surface area contributed by atoms with Crippen molar-refractivity contribution in [3.63, 3.8) is 0 Å². The largest absolute Gasteiger partial charge is 0.385 e. The Morgan fingerprint density at radius 1 is 1.00 bits per heavy atom. The Hall–Kier alpha value is -1.02. The quantitative estimate of drug-likeness (QED) is 0.843. The molecule has 2 rings (SSSR count). The normalized spacial score (nSPS) is 26.7. The van der Waals surface area contributed by atoms with E-state index in [4.69, 9.17) is 0 Å². The lowest BCUT2D eigenvalue weighted by Gasteiger charge is -2.26. The van der Waals surface area contributed by atoms with Gasteiger partial charge in [0.05, 0.1) is 0 Å². The zero-order valence-electron chi connectivity index (χ0n) is 13.4. The zero-order chi connectivity index (χ0) is 14.6. The van der Waals surface area contributed by atoms with Crippen molar-refractivity contribution < 1.29 is 0 Å². The van der Waals surface area contributed by atoms with E-state index in [0.717, 1.165) is 30.8 Å². The number of benzene rings is 1. The lowest BCUT2D eigenvalue weighted by molar-refractivity contribution is 0.303. The summed E-state index contributed by atoms with van der Waals surface area (Å²) in [6.07, 6.45) is 2.73. The highest BCUT2D eigenvalue weighted by atomic mass is 14.9. The third kappa shape index (κ3) is 4.52. The number of hydrogen-bond acceptors (Lipinski definition) is 2. The summed E-state index contributed by atoms with van der Waals surface area (Å²) in [4.78, 5) is 0. The van der Waals surface area contributed by atoms with Gasteiger partial charge in [-0.25, -0.2) is 0 Å². The van der Waals surface area contributed by atoms with Crippen LogP contribution in [0, 0.1) is 17.8 Å². The molecule has 0 bridgehead atoms. The van der Waals surface area contributed by atoms with E-state index >= 15 is 0 Å². The highest BCUT2D eigenvalue weighted by Crippen LogP contribution is 2.36. The molecule has 2 heteroatoms. The van der Waals surface area contributed by atoms with E-state index in [-0.39, 0.29) is 5.54 Å². The van der Waals surface area contributed by atoms with Crippen molar-refractivity contribution >= 4 is 5.69 Å². The van der Waals surface area contributed by atoms with Gasteiger partial charge in [0.2, 0.25) is 0 Å². The smallest absolute Gasteiger partial charge is 0.0340 e. The molecule has 1 aromatic carbocycles. The van der Waals surface area contributed by atoms with Crippen LogP contribution in [0.1, 0.15) is 40.5 Å². The first-order chi connectivity index (χ1) is 9.46. The van der Waals surface area contributed by atoms with E-state index < -0.39 is 0 Å². The molecular weight excluding hydrogens is 244 g/mol. The average Bonchev–Trinajstić information content (AvgIpc) is 2.75. The van der Waals surface area contributed by atoms with Crippen LogP contribution in [-0.2, 0) is 0 Å². The predicted molar refractivity (Wildman–Crippen MR) is 88.1 cm³/mol. The molecular formula is C18H30N2. The summed E-state index contributed by atoms with van der Waals surface area (Å²) in [5.41, 5.74) is 1.48. The van der Waals surface area contributed by atoms with Gasteiger partial charge < -0.3 is 10.6 Å². The molecule has 0 saturated heterocycles. The van der Waals surface area contributed by atoms with Crippen LogP contribution >= 0.6 is 0 Å². The number of rotatable bonds is 5. The van der Waals surface area contributed by atoms with Gasteiger partial charge in [-0.3, -0.25) is 0 Å². The summed E-state index contributed by atoms with van der Waals surface area (Å²) >= 11 is 0. The fourth-order valence-electron chi connectivity index (χ4n) is 3.16. The fourth-order valence-corrected chi connectivity index (χ4v) is 3.16. The molecule has 1 aliphatic carbocycles. The summed E-state index contributed by atoms with van der Waals surface area (Å²) in [6.45, 7) is 11.5. The van der Waals surface area contributed by atoms with Crippen LogP contribution < -0.4 is 10.6 Å². The van der Waals surface area contributed by atoms with Crippen molar-refractivity contribution in [1.29, 1.82) is 0 Å². The maximum Gasteiger partial charge on any atom is 0.0340 e. The Morgan fingerprint density at radius 3 is 2.20 bits per heavy atom. The topological polar surface area (TPSA) is 24.1 Å². The van der Waals surface area contributed by atoms with E-state index in [1.165, 1.54) is 18.5 Å². The van der Waals surface area contributed by atoms with Crippen molar-refractivity contribution in [2.24, 2.45) is 17.8 Å². The van der Waals surface area contributed by atoms with Crippen LogP contribution in [-0.4, -0.2) is 18.6 Å². The van der Waals surface area contributed by atoms with Gasteiger partial charge in [-0.2, -0.15) is 0 Å². The molecule has 0 aliphatic heterocycles. The van der Waals surface area contributed by atoms with Crippen LogP contribution in [0.15, 0.2) is 30.3 Å². The van der Waals surface area contributed by atoms with Gasteiger partial charge in [0.15, 0.2) is 0 Å². The van der Waals surface area contributed by atoms with E-state index in [9.17, 15) is 0 Å². The van der Waals surface area contributed by atoms with E-state index in [1.54, 1.807) is 0 Å². The Kier molecular flexibility index (Phi) is 5.09. The van der Waals surface area contributed by atoms with Gasteiger partial charge in [-0.05, 0) is 70.0 Å². The van der Waals surface area contributed by atoms with Gasteiger partial charge in [-0.15, -0.1) is 0 Å². The minimum atomic E-state index is 0.236. The maximum atomic E-state index is 3.67. The first kappa shape index (κ1) is 15.4. The molecule has 1 aromatic rings. The predicted octanol–water partition coefficient (Wildman–Crippen LogP) is 4.15. The molecule has 1 fully saturated rings. The zero-order valence-corrected chi connectivity index (χ0v) is 13.4. The van der Waals surface area contributed by atoms with Crippen molar-refractivity contribution in [2.45, 2.75) is 46.1 Å². The molecule has 112 valence electrons. The van der Waals surface area contributed by atoms with Crippen molar-refractivity contribution in [2.75, 3.05) is 18.4 Å². The first-order valence-electron chi connectivity index (χ1n) is 7.99.